The van der Waals surface area contributed by atoms with Gasteiger partial charge >= 0.3 is 5.97 Å². The topological polar surface area (TPSA) is 77.8 Å². The Bertz CT molecular complexity index is 640. The van der Waals surface area contributed by atoms with Gasteiger partial charge in [-0.05, 0) is 97.7 Å². The predicted molar refractivity (Wildman–Crippen MR) is 109 cm³/mol. The molecule has 4 rings (SSSR count). The van der Waals surface area contributed by atoms with Crippen LogP contribution in [-0.4, -0.2) is 39.7 Å². The van der Waals surface area contributed by atoms with E-state index in [1.807, 2.05) is 0 Å². The van der Waals surface area contributed by atoms with Crippen LogP contribution in [0.25, 0.3) is 0 Å². The largest absolute Gasteiger partial charge is 0.481 e. The molecule has 0 amide bonds. The van der Waals surface area contributed by atoms with Crippen LogP contribution in [0, 0.1) is 46.3 Å². The molecule has 4 aliphatic rings. The van der Waals surface area contributed by atoms with E-state index in [0.29, 0.717) is 42.9 Å². The molecule has 0 heterocycles. The lowest BCUT2D eigenvalue weighted by atomic mass is 9.43. The summed E-state index contributed by atoms with van der Waals surface area (Å²) in [5, 5.41) is 30.4. The maximum atomic E-state index is 14.5. The van der Waals surface area contributed by atoms with E-state index in [2.05, 4.69) is 20.8 Å². The summed E-state index contributed by atoms with van der Waals surface area (Å²) >= 11 is 0. The first-order valence-corrected chi connectivity index (χ1v) is 11.8. The SMILES string of the molecule is C[C@H](CCC(=O)O)[C@H]1CC[C@H]2[C@@H]3[C@H](O)C[C@@H]4C[C@@H](O)[C@@H](F)C[C@]4(C)[C@H]3CC[C@]12C. The smallest absolute Gasteiger partial charge is 0.303 e. The molecule has 4 aliphatic carbocycles. The number of hydrogen-bond donors (Lipinski definition) is 3. The first-order valence-electron chi connectivity index (χ1n) is 11.8. The summed E-state index contributed by atoms with van der Waals surface area (Å²) < 4.78 is 14.5. The Morgan fingerprint density at radius 2 is 1.72 bits per heavy atom. The number of halogens is 1. The zero-order valence-electron chi connectivity index (χ0n) is 18.2. The van der Waals surface area contributed by atoms with Crippen LogP contribution < -0.4 is 0 Å². The van der Waals surface area contributed by atoms with Crippen LogP contribution in [0.15, 0.2) is 0 Å². The van der Waals surface area contributed by atoms with Crippen LogP contribution in [0.3, 0.4) is 0 Å². The second-order valence-electron chi connectivity index (χ2n) is 11.5. The molecule has 0 aromatic carbocycles. The number of carboxylic acid groups (broad SMARTS) is 1. The monoisotopic (exact) mass is 410 g/mol. The number of aliphatic carboxylic acids is 1. The van der Waals surface area contributed by atoms with E-state index in [4.69, 9.17) is 5.11 Å². The summed E-state index contributed by atoms with van der Waals surface area (Å²) in [6.07, 6.45) is 4.48. The summed E-state index contributed by atoms with van der Waals surface area (Å²) in [5.41, 5.74) is 0.0173. The third-order valence-corrected chi connectivity index (χ3v) is 10.2. The normalized spacial score (nSPS) is 52.9. The number of carboxylic acids is 1. The van der Waals surface area contributed by atoms with Crippen molar-refractivity contribution in [3.8, 4) is 0 Å². The highest BCUT2D eigenvalue weighted by Crippen LogP contribution is 2.68. The van der Waals surface area contributed by atoms with Gasteiger partial charge in [-0.15, -0.1) is 0 Å². The summed E-state index contributed by atoms with van der Waals surface area (Å²) in [4.78, 5) is 11.0. The maximum absolute atomic E-state index is 14.5. The van der Waals surface area contributed by atoms with Crippen LogP contribution >= 0.6 is 0 Å². The molecule has 5 heteroatoms. The van der Waals surface area contributed by atoms with Crippen molar-refractivity contribution in [1.29, 1.82) is 0 Å². The number of carbonyl (C=O) groups is 1. The summed E-state index contributed by atoms with van der Waals surface area (Å²) in [7, 11) is 0. The summed E-state index contributed by atoms with van der Waals surface area (Å²) in [5.74, 6) is 1.35. The van der Waals surface area contributed by atoms with Crippen LogP contribution in [0.4, 0.5) is 4.39 Å². The van der Waals surface area contributed by atoms with Gasteiger partial charge in [0.1, 0.15) is 6.17 Å². The van der Waals surface area contributed by atoms with Crippen LogP contribution in [0.5, 0.6) is 0 Å². The lowest BCUT2D eigenvalue weighted by Gasteiger charge is -2.62. The van der Waals surface area contributed by atoms with Crippen LogP contribution in [0.1, 0.15) is 78.6 Å². The van der Waals surface area contributed by atoms with Gasteiger partial charge in [0.15, 0.2) is 0 Å². The van der Waals surface area contributed by atoms with Crippen LogP contribution in [-0.2, 0) is 4.79 Å². The average Bonchev–Trinajstić information content (AvgIpc) is 2.99. The van der Waals surface area contributed by atoms with Crippen molar-refractivity contribution in [1.82, 2.24) is 0 Å². The quantitative estimate of drug-likeness (QED) is 0.641. The Balaban J connectivity index is 1.57. The summed E-state index contributed by atoms with van der Waals surface area (Å²) in [6.45, 7) is 6.81. The van der Waals surface area contributed by atoms with Gasteiger partial charge in [0.2, 0.25) is 0 Å². The number of hydrogen-bond acceptors (Lipinski definition) is 3. The minimum absolute atomic E-state index is 0.128. The van der Waals surface area contributed by atoms with Crippen molar-refractivity contribution >= 4 is 5.97 Å². The highest BCUT2D eigenvalue weighted by molar-refractivity contribution is 5.66. The van der Waals surface area contributed by atoms with Gasteiger partial charge < -0.3 is 15.3 Å². The first-order chi connectivity index (χ1) is 13.6. The molecule has 4 saturated carbocycles. The van der Waals surface area contributed by atoms with E-state index in [0.717, 1.165) is 32.1 Å². The molecule has 0 bridgehead atoms. The van der Waals surface area contributed by atoms with Crippen molar-refractivity contribution in [2.75, 3.05) is 0 Å². The first kappa shape index (κ1) is 21.5. The predicted octanol–water partition coefficient (Wildman–Crippen LogP) is 4.43. The Hall–Kier alpha value is -0.680. The molecule has 11 atom stereocenters. The molecule has 0 unspecified atom stereocenters. The molecule has 4 nitrogen and oxygen atoms in total. The lowest BCUT2D eigenvalue weighted by molar-refractivity contribution is -0.186. The zero-order valence-corrected chi connectivity index (χ0v) is 18.2. The fourth-order valence-electron chi connectivity index (χ4n) is 8.73. The van der Waals surface area contributed by atoms with Crippen molar-refractivity contribution in [2.24, 2.45) is 46.3 Å². The molecular weight excluding hydrogens is 371 g/mol. The van der Waals surface area contributed by atoms with E-state index in [1.54, 1.807) is 0 Å². The van der Waals surface area contributed by atoms with Gasteiger partial charge in [-0.2, -0.15) is 0 Å². The average molecular weight is 411 g/mol. The molecule has 0 aromatic rings. The third-order valence-electron chi connectivity index (χ3n) is 10.2. The third kappa shape index (κ3) is 3.35. The molecule has 0 aromatic heterocycles. The number of aliphatic hydroxyl groups excluding tert-OH is 2. The van der Waals surface area contributed by atoms with Crippen LogP contribution in [0.2, 0.25) is 0 Å². The number of aliphatic hydroxyl groups is 2. The summed E-state index contributed by atoms with van der Waals surface area (Å²) in [6, 6.07) is 0. The second-order valence-corrected chi connectivity index (χ2v) is 11.5. The number of fused-ring (bicyclic) bond motifs is 5. The fraction of sp³-hybridized carbons (Fsp3) is 0.958. The molecule has 3 N–H and O–H groups in total. The Kier molecular flexibility index (Phi) is 5.55. The fourth-order valence-corrected chi connectivity index (χ4v) is 8.73. The molecule has 0 saturated heterocycles. The lowest BCUT2D eigenvalue weighted by Crippen LogP contribution is -2.60. The second kappa shape index (κ2) is 7.47. The Labute approximate surface area is 174 Å². The molecule has 29 heavy (non-hydrogen) atoms. The Morgan fingerprint density at radius 3 is 2.41 bits per heavy atom. The van der Waals surface area contributed by atoms with Gasteiger partial charge in [-0.1, -0.05) is 20.8 Å². The van der Waals surface area contributed by atoms with E-state index in [1.165, 1.54) is 0 Å². The highest BCUT2D eigenvalue weighted by atomic mass is 19.1. The maximum Gasteiger partial charge on any atom is 0.303 e. The van der Waals surface area contributed by atoms with E-state index in [-0.39, 0.29) is 35.2 Å². The standard InChI is InChI=1S/C24H39FO4/c1-13(4-7-21(28)29)15-5-6-16-22-17(8-9-23(15,16)2)24(3)12-18(25)19(26)10-14(24)11-20(22)27/h13-20,22,26-27H,4-12H2,1-3H3,(H,28,29)/t13-,14+,15-,16+,17+,18+,19-,20-,22+,23-,24+/m1/s1. The molecular formula is C24H39FO4. The van der Waals surface area contributed by atoms with Crippen molar-refractivity contribution in [3.05, 3.63) is 0 Å². The molecule has 0 aliphatic heterocycles. The van der Waals surface area contributed by atoms with Gasteiger partial charge in [-0.25, -0.2) is 4.39 Å². The van der Waals surface area contributed by atoms with Gasteiger partial charge in [0.05, 0.1) is 12.2 Å². The molecule has 4 fully saturated rings. The molecule has 166 valence electrons. The minimum atomic E-state index is -1.15. The van der Waals surface area contributed by atoms with Gasteiger partial charge in [-0.3, -0.25) is 4.79 Å². The number of alkyl halides is 1. The van der Waals surface area contributed by atoms with Crippen molar-refractivity contribution < 1.29 is 24.5 Å². The number of rotatable bonds is 4. The van der Waals surface area contributed by atoms with E-state index in [9.17, 15) is 19.4 Å². The van der Waals surface area contributed by atoms with Crippen molar-refractivity contribution in [3.63, 3.8) is 0 Å². The van der Waals surface area contributed by atoms with Gasteiger partial charge in [0, 0.05) is 6.42 Å². The highest BCUT2D eigenvalue weighted by Gasteiger charge is 2.63. The zero-order chi connectivity index (χ0) is 21.1. The van der Waals surface area contributed by atoms with E-state index < -0.39 is 18.2 Å². The van der Waals surface area contributed by atoms with Gasteiger partial charge in [0.25, 0.3) is 0 Å². The van der Waals surface area contributed by atoms with Crippen molar-refractivity contribution in [2.45, 2.75) is 96.9 Å². The minimum Gasteiger partial charge on any atom is -0.481 e. The Morgan fingerprint density at radius 1 is 1.07 bits per heavy atom. The molecule has 0 radical (unpaired) electrons. The molecule has 0 spiro atoms. The van der Waals surface area contributed by atoms with E-state index >= 15 is 0 Å².